The number of halogens is 4. The molecule has 3 atom stereocenters. The van der Waals surface area contributed by atoms with E-state index in [1.54, 1.807) is 11.4 Å². The van der Waals surface area contributed by atoms with Gasteiger partial charge in [-0.1, -0.05) is 47.6 Å². The van der Waals surface area contributed by atoms with Crippen LogP contribution in [0.5, 0.6) is 0 Å². The van der Waals surface area contributed by atoms with Gasteiger partial charge in [0.25, 0.3) is 0 Å². The van der Waals surface area contributed by atoms with Gasteiger partial charge in [-0.15, -0.1) is 22.7 Å². The van der Waals surface area contributed by atoms with Crippen LogP contribution in [0.3, 0.4) is 0 Å². The molecule has 37 heavy (non-hydrogen) atoms. The molecule has 4 rings (SSSR count). The second-order valence-corrected chi connectivity index (χ2v) is 11.0. The Morgan fingerprint density at radius 3 is 2.59 bits per heavy atom. The van der Waals surface area contributed by atoms with Gasteiger partial charge in [-0.25, -0.2) is 4.98 Å². The lowest BCUT2D eigenvalue weighted by Crippen LogP contribution is -2.66. The maximum atomic E-state index is 14.5. The number of nitriles is 1. The number of ketones is 1. The summed E-state index contributed by atoms with van der Waals surface area (Å²) < 4.78 is 43.6. The third-order valence-electron chi connectivity index (χ3n) is 5.51. The Bertz CT molecular complexity index is 1370. The van der Waals surface area contributed by atoms with Gasteiger partial charge >= 0.3 is 6.18 Å². The molecule has 0 aliphatic carbocycles. The summed E-state index contributed by atoms with van der Waals surface area (Å²) >= 11 is 8.99. The molecule has 0 bridgehead atoms. The third kappa shape index (κ3) is 5.39. The Kier molecular flexibility index (Phi) is 7.96. The molecule has 3 aromatic rings. The molecule has 0 fully saturated rings. The number of carbonyl (C=O) groups is 2. The van der Waals surface area contributed by atoms with Crippen molar-refractivity contribution in [3.63, 3.8) is 0 Å². The van der Waals surface area contributed by atoms with E-state index in [1.165, 1.54) is 41.9 Å². The van der Waals surface area contributed by atoms with Crippen molar-refractivity contribution in [3.05, 3.63) is 79.4 Å². The monoisotopic (exact) mass is 584 g/mol. The Morgan fingerprint density at radius 1 is 1.24 bits per heavy atom. The van der Waals surface area contributed by atoms with Gasteiger partial charge in [0.1, 0.15) is 0 Å². The van der Waals surface area contributed by atoms with E-state index in [2.05, 4.69) is 10.3 Å². The normalized spacial score (nSPS) is 21.7. The maximum absolute atomic E-state index is 14.5. The Labute approximate surface area is 226 Å². The molecule has 0 saturated carbocycles. The average Bonchev–Trinajstić information content (AvgIpc) is 3.56. The number of amides is 1. The molecule has 0 saturated heterocycles. The number of Topliss-reactive ketones (excluding diaryl/α,β-unsaturated/α-hetero) is 1. The van der Waals surface area contributed by atoms with Crippen LogP contribution in [0.4, 0.5) is 18.3 Å². The number of nitrogens with one attached hydrogen (secondary N) is 2. The van der Waals surface area contributed by atoms with Crippen molar-refractivity contribution in [1.29, 1.82) is 5.26 Å². The lowest BCUT2D eigenvalue weighted by Gasteiger charge is -2.45. The van der Waals surface area contributed by atoms with E-state index in [9.17, 15) is 33.1 Å². The molecule has 3 heterocycles. The number of benzene rings is 1. The number of thiazole rings is 1. The molecule has 192 valence electrons. The fourth-order valence-electron chi connectivity index (χ4n) is 3.90. The fraction of sp³-hybridized carbons (Fsp3) is 0.217. The van der Waals surface area contributed by atoms with Gasteiger partial charge in [0, 0.05) is 22.5 Å². The summed E-state index contributed by atoms with van der Waals surface area (Å²) in [7, 11) is 0. The second kappa shape index (κ2) is 10.8. The summed E-state index contributed by atoms with van der Waals surface area (Å²) in [6.07, 6.45) is -3.88. The lowest BCUT2D eigenvalue weighted by atomic mass is 9.70. The summed E-state index contributed by atoms with van der Waals surface area (Å²) in [5, 5.41) is 28.8. The summed E-state index contributed by atoms with van der Waals surface area (Å²) in [4.78, 5) is 29.8. The highest BCUT2D eigenvalue weighted by Gasteiger charge is 2.66. The minimum Gasteiger partial charge on any atom is -0.363 e. The van der Waals surface area contributed by atoms with Crippen LogP contribution in [0.25, 0.3) is 0 Å². The first kappa shape index (κ1) is 27.2. The second-order valence-electron chi connectivity index (χ2n) is 7.74. The molecular formula is C23H16ClF3N4O3S3. The van der Waals surface area contributed by atoms with E-state index >= 15 is 0 Å². The van der Waals surface area contributed by atoms with Crippen LogP contribution in [0, 0.1) is 17.2 Å². The van der Waals surface area contributed by atoms with Gasteiger partial charge in [-0.05, 0) is 23.1 Å². The van der Waals surface area contributed by atoms with Gasteiger partial charge < -0.3 is 15.7 Å². The first-order valence-electron chi connectivity index (χ1n) is 10.4. The van der Waals surface area contributed by atoms with E-state index in [4.69, 9.17) is 11.6 Å². The quantitative estimate of drug-likeness (QED) is 0.318. The summed E-state index contributed by atoms with van der Waals surface area (Å²) in [6.45, 7) is 0. The smallest absolute Gasteiger partial charge is 0.363 e. The zero-order valence-electron chi connectivity index (χ0n) is 18.5. The average molecular weight is 585 g/mol. The molecule has 2 aromatic heterocycles. The van der Waals surface area contributed by atoms with Crippen molar-refractivity contribution in [2.75, 3.05) is 11.1 Å². The van der Waals surface area contributed by atoms with Crippen molar-refractivity contribution < 1.29 is 27.9 Å². The number of allylic oxidation sites excluding steroid dienone is 1. The zero-order chi connectivity index (χ0) is 26.8. The van der Waals surface area contributed by atoms with Crippen LogP contribution in [0.2, 0.25) is 5.02 Å². The maximum Gasteiger partial charge on any atom is 0.437 e. The number of anilines is 1. The predicted molar refractivity (Wildman–Crippen MR) is 136 cm³/mol. The van der Waals surface area contributed by atoms with Gasteiger partial charge in [-0.3, -0.25) is 9.59 Å². The molecule has 14 heteroatoms. The highest BCUT2D eigenvalue weighted by molar-refractivity contribution is 8.03. The number of hydrogen-bond donors (Lipinski definition) is 3. The number of hydrogen-bond acceptors (Lipinski definition) is 9. The molecule has 1 amide bonds. The third-order valence-corrected chi connectivity index (χ3v) is 8.44. The summed E-state index contributed by atoms with van der Waals surface area (Å²) in [5.41, 5.74) is -3.97. The van der Waals surface area contributed by atoms with E-state index in [-0.39, 0.29) is 21.0 Å². The van der Waals surface area contributed by atoms with Crippen LogP contribution in [0.15, 0.2) is 64.0 Å². The molecule has 0 unspecified atom stereocenters. The van der Waals surface area contributed by atoms with Gasteiger partial charge in [0.2, 0.25) is 11.6 Å². The summed E-state index contributed by atoms with van der Waals surface area (Å²) in [6, 6.07) is 10.6. The van der Waals surface area contributed by atoms with Crippen molar-refractivity contribution in [1.82, 2.24) is 10.3 Å². The van der Waals surface area contributed by atoms with E-state index in [0.29, 0.717) is 16.9 Å². The van der Waals surface area contributed by atoms with Gasteiger partial charge in [0.15, 0.2) is 10.9 Å². The Hall–Kier alpha value is -2.89. The Morgan fingerprint density at radius 2 is 2.00 bits per heavy atom. The van der Waals surface area contributed by atoms with Crippen molar-refractivity contribution in [2.24, 2.45) is 5.92 Å². The van der Waals surface area contributed by atoms with Crippen molar-refractivity contribution in [2.45, 2.75) is 17.8 Å². The highest BCUT2D eigenvalue weighted by atomic mass is 35.5. The van der Waals surface area contributed by atoms with Gasteiger partial charge in [-0.2, -0.15) is 18.4 Å². The van der Waals surface area contributed by atoms with E-state index < -0.39 is 46.2 Å². The molecule has 3 N–H and O–H groups in total. The molecule has 1 aliphatic heterocycles. The standard InChI is InChI=1S/C23H16ClF3N4O3S3/c24-14-5-2-1-4-12(14)17-13(10-28)20(37-11-16(32)30-21-29-7-9-36-21)31-22(34,23(25,26)27)18(17)19(33)15-6-3-8-35-15/h1-9,17-18,31,34H,11H2,(H,29,30,32)/t17-,18-,22+/m1/s1. The van der Waals surface area contributed by atoms with E-state index in [1.807, 2.05) is 11.4 Å². The number of rotatable bonds is 7. The first-order valence-corrected chi connectivity index (χ1v) is 13.5. The minimum atomic E-state index is -5.35. The van der Waals surface area contributed by atoms with E-state index in [0.717, 1.165) is 22.7 Å². The predicted octanol–water partition coefficient (Wildman–Crippen LogP) is 5.40. The van der Waals surface area contributed by atoms with Crippen LogP contribution in [0.1, 0.15) is 21.2 Å². The number of alkyl halides is 3. The van der Waals surface area contributed by atoms with Crippen LogP contribution < -0.4 is 10.6 Å². The summed E-state index contributed by atoms with van der Waals surface area (Å²) in [5.74, 6) is -5.75. The number of thioether (sulfide) groups is 1. The Balaban J connectivity index is 1.83. The molecule has 1 aliphatic rings. The molecule has 7 nitrogen and oxygen atoms in total. The number of aliphatic hydroxyl groups is 1. The lowest BCUT2D eigenvalue weighted by molar-refractivity contribution is -0.285. The topological polar surface area (TPSA) is 115 Å². The number of thiophene rings is 1. The largest absolute Gasteiger partial charge is 0.437 e. The molecule has 0 radical (unpaired) electrons. The first-order chi connectivity index (χ1) is 17.6. The minimum absolute atomic E-state index is 0.0153. The van der Waals surface area contributed by atoms with Crippen molar-refractivity contribution >= 4 is 62.9 Å². The number of aromatic nitrogens is 1. The number of carbonyl (C=O) groups excluding carboxylic acids is 2. The van der Waals surface area contributed by atoms with Crippen molar-refractivity contribution in [3.8, 4) is 6.07 Å². The molecule has 0 spiro atoms. The zero-order valence-corrected chi connectivity index (χ0v) is 21.7. The molecule has 1 aromatic carbocycles. The fourth-order valence-corrected chi connectivity index (χ4v) is 6.31. The number of nitrogens with zero attached hydrogens (tertiary/aromatic N) is 2. The van der Waals surface area contributed by atoms with Gasteiger partial charge in [0.05, 0.1) is 33.2 Å². The molecular weight excluding hydrogens is 569 g/mol. The SMILES string of the molecule is N#CC1=C(SCC(=O)Nc2nccs2)N[C@@](O)(C(F)(F)F)[C@@H](C(=O)c2cccs2)[C@@H]1c1ccccc1Cl. The van der Waals surface area contributed by atoms with Crippen LogP contribution in [-0.2, 0) is 4.79 Å². The van der Waals surface area contributed by atoms with Crippen LogP contribution >= 0.6 is 46.0 Å². The highest BCUT2D eigenvalue weighted by Crippen LogP contribution is 2.52. The van der Waals surface area contributed by atoms with Crippen LogP contribution in [-0.4, -0.2) is 39.4 Å².